The molecule has 0 spiro atoms. The molecule has 1 aromatic carbocycles. The number of aromatic amines is 1. The molecule has 0 atom stereocenters. The molecule has 0 saturated heterocycles. The molecule has 0 saturated carbocycles. The third kappa shape index (κ3) is 2.87. The minimum atomic E-state index is -0.329. The van der Waals surface area contributed by atoms with E-state index in [9.17, 15) is 4.79 Å². The molecule has 1 heterocycles. The van der Waals surface area contributed by atoms with Gasteiger partial charge in [0, 0.05) is 17.0 Å². The molecule has 82 valence electrons. The number of hydrogen-bond acceptors (Lipinski definition) is 3. The fourth-order valence-electron chi connectivity index (χ4n) is 1.21. The SMILES string of the molecule is O=c1nccc(SCc2ccccc2Cl)[nH]1. The number of rotatable bonds is 3. The van der Waals surface area contributed by atoms with Gasteiger partial charge in [0.1, 0.15) is 0 Å². The Morgan fingerprint density at radius 1 is 1.31 bits per heavy atom. The van der Waals surface area contributed by atoms with E-state index >= 15 is 0 Å². The molecule has 0 unspecified atom stereocenters. The lowest BCUT2D eigenvalue weighted by atomic mass is 10.2. The molecule has 2 rings (SSSR count). The van der Waals surface area contributed by atoms with E-state index in [1.165, 1.54) is 18.0 Å². The zero-order valence-electron chi connectivity index (χ0n) is 8.31. The van der Waals surface area contributed by atoms with Gasteiger partial charge in [-0.05, 0) is 17.7 Å². The summed E-state index contributed by atoms with van der Waals surface area (Å²) in [5.41, 5.74) is 0.719. The van der Waals surface area contributed by atoms with Crippen molar-refractivity contribution >= 4 is 23.4 Å². The van der Waals surface area contributed by atoms with E-state index in [1.807, 2.05) is 24.3 Å². The molecule has 0 aliphatic heterocycles. The number of halogens is 1. The predicted molar refractivity (Wildman–Crippen MR) is 65.9 cm³/mol. The third-order valence-corrected chi connectivity index (χ3v) is 3.36. The average Bonchev–Trinajstić information content (AvgIpc) is 2.28. The van der Waals surface area contributed by atoms with Gasteiger partial charge in [-0.25, -0.2) is 9.78 Å². The highest BCUT2D eigenvalue weighted by atomic mass is 35.5. The summed E-state index contributed by atoms with van der Waals surface area (Å²) >= 11 is 7.55. The van der Waals surface area contributed by atoms with Crippen LogP contribution in [0, 0.1) is 0 Å². The number of H-pyrrole nitrogens is 1. The van der Waals surface area contributed by atoms with E-state index < -0.39 is 0 Å². The molecule has 1 aromatic heterocycles. The van der Waals surface area contributed by atoms with Gasteiger partial charge in [0.05, 0.1) is 5.03 Å². The minimum Gasteiger partial charge on any atom is -0.300 e. The molecule has 1 N–H and O–H groups in total. The second-order valence-corrected chi connectivity index (χ2v) is 4.54. The average molecular weight is 253 g/mol. The van der Waals surface area contributed by atoms with E-state index in [0.717, 1.165) is 21.4 Å². The first-order valence-electron chi connectivity index (χ1n) is 4.67. The van der Waals surface area contributed by atoms with E-state index in [0.29, 0.717) is 0 Å². The molecule has 3 nitrogen and oxygen atoms in total. The highest BCUT2D eigenvalue weighted by Gasteiger charge is 2.00. The Bertz CT molecular complexity index is 541. The van der Waals surface area contributed by atoms with Crippen LogP contribution in [0.25, 0.3) is 0 Å². The van der Waals surface area contributed by atoms with Crippen LogP contribution in [0.15, 0.2) is 46.3 Å². The second kappa shape index (κ2) is 5.18. The van der Waals surface area contributed by atoms with Crippen molar-refractivity contribution in [1.82, 2.24) is 9.97 Å². The summed E-state index contributed by atoms with van der Waals surface area (Å²) in [6.45, 7) is 0. The quantitative estimate of drug-likeness (QED) is 0.675. The topological polar surface area (TPSA) is 45.8 Å². The summed E-state index contributed by atoms with van der Waals surface area (Å²) in [5.74, 6) is 0.722. The van der Waals surface area contributed by atoms with Crippen molar-refractivity contribution in [2.75, 3.05) is 0 Å². The molecule has 5 heteroatoms. The highest BCUT2D eigenvalue weighted by molar-refractivity contribution is 7.98. The molecular weight excluding hydrogens is 244 g/mol. The van der Waals surface area contributed by atoms with Crippen molar-refractivity contribution < 1.29 is 0 Å². The van der Waals surface area contributed by atoms with Crippen LogP contribution >= 0.6 is 23.4 Å². The number of nitrogens with zero attached hydrogens (tertiary/aromatic N) is 1. The van der Waals surface area contributed by atoms with E-state index in [1.54, 1.807) is 6.07 Å². The molecule has 0 radical (unpaired) electrons. The van der Waals surface area contributed by atoms with Gasteiger partial charge in [-0.15, -0.1) is 11.8 Å². The predicted octanol–water partition coefficient (Wildman–Crippen LogP) is 2.72. The Balaban J connectivity index is 2.08. The number of thioether (sulfide) groups is 1. The summed E-state index contributed by atoms with van der Waals surface area (Å²) in [4.78, 5) is 17.2. The Labute approximate surface area is 102 Å². The normalized spacial score (nSPS) is 10.3. The van der Waals surface area contributed by atoms with Crippen LogP contribution < -0.4 is 5.69 Å². The maximum Gasteiger partial charge on any atom is 0.345 e. The lowest BCUT2D eigenvalue weighted by Gasteiger charge is -2.03. The highest BCUT2D eigenvalue weighted by Crippen LogP contribution is 2.24. The van der Waals surface area contributed by atoms with Crippen LogP contribution in [0.2, 0.25) is 5.02 Å². The van der Waals surface area contributed by atoms with Crippen molar-refractivity contribution in [3.63, 3.8) is 0 Å². The summed E-state index contributed by atoms with van der Waals surface area (Å²) in [6.07, 6.45) is 1.49. The molecular formula is C11H9ClN2OS. The maximum absolute atomic E-state index is 11.0. The molecule has 0 aliphatic rings. The molecule has 16 heavy (non-hydrogen) atoms. The van der Waals surface area contributed by atoms with Gasteiger partial charge in [0.25, 0.3) is 0 Å². The van der Waals surface area contributed by atoms with E-state index in [2.05, 4.69) is 9.97 Å². The van der Waals surface area contributed by atoms with Gasteiger partial charge in [0.15, 0.2) is 0 Å². The Kier molecular flexibility index (Phi) is 3.64. The first-order chi connectivity index (χ1) is 7.75. The van der Waals surface area contributed by atoms with Gasteiger partial charge in [0.2, 0.25) is 0 Å². The smallest absolute Gasteiger partial charge is 0.300 e. The summed E-state index contributed by atoms with van der Waals surface area (Å²) in [6, 6.07) is 9.42. The van der Waals surface area contributed by atoms with Gasteiger partial charge in [-0.3, -0.25) is 0 Å². The Morgan fingerprint density at radius 2 is 2.12 bits per heavy atom. The van der Waals surface area contributed by atoms with E-state index in [-0.39, 0.29) is 5.69 Å². The van der Waals surface area contributed by atoms with Crippen LogP contribution in [0.1, 0.15) is 5.56 Å². The first-order valence-corrected chi connectivity index (χ1v) is 6.03. The summed E-state index contributed by atoms with van der Waals surface area (Å²) < 4.78 is 0. The van der Waals surface area contributed by atoms with Gasteiger partial charge >= 0.3 is 5.69 Å². The Hall–Kier alpha value is -1.26. The van der Waals surface area contributed by atoms with Gasteiger partial charge < -0.3 is 4.98 Å². The number of hydrogen-bond donors (Lipinski definition) is 1. The monoisotopic (exact) mass is 252 g/mol. The third-order valence-electron chi connectivity index (χ3n) is 1.99. The lowest BCUT2D eigenvalue weighted by Crippen LogP contribution is -2.08. The van der Waals surface area contributed by atoms with Crippen molar-refractivity contribution in [3.8, 4) is 0 Å². The fourth-order valence-corrected chi connectivity index (χ4v) is 2.37. The molecule has 0 aliphatic carbocycles. The van der Waals surface area contributed by atoms with Crippen LogP contribution in [-0.4, -0.2) is 9.97 Å². The van der Waals surface area contributed by atoms with E-state index in [4.69, 9.17) is 11.6 Å². The van der Waals surface area contributed by atoms with Crippen LogP contribution in [-0.2, 0) is 5.75 Å². The molecule has 2 aromatic rings. The maximum atomic E-state index is 11.0. The largest absolute Gasteiger partial charge is 0.345 e. The van der Waals surface area contributed by atoms with Crippen LogP contribution in [0.5, 0.6) is 0 Å². The summed E-state index contributed by atoms with van der Waals surface area (Å²) in [5, 5.41) is 1.53. The molecule has 0 bridgehead atoms. The minimum absolute atomic E-state index is 0.329. The Morgan fingerprint density at radius 3 is 2.88 bits per heavy atom. The molecule has 0 fully saturated rings. The van der Waals surface area contributed by atoms with Gasteiger partial charge in [-0.2, -0.15) is 0 Å². The first kappa shape index (κ1) is 11.2. The van der Waals surface area contributed by atoms with Crippen molar-refractivity contribution in [1.29, 1.82) is 0 Å². The standard InChI is InChI=1S/C11H9ClN2OS/c12-9-4-2-1-3-8(9)7-16-10-5-6-13-11(15)14-10/h1-6H,7H2,(H,13,14,15). The second-order valence-electron chi connectivity index (χ2n) is 3.12. The van der Waals surface area contributed by atoms with Crippen LogP contribution in [0.3, 0.4) is 0 Å². The van der Waals surface area contributed by atoms with Crippen molar-refractivity contribution in [2.45, 2.75) is 10.8 Å². The zero-order valence-corrected chi connectivity index (χ0v) is 9.89. The lowest BCUT2D eigenvalue weighted by molar-refractivity contribution is 0.978. The van der Waals surface area contributed by atoms with Crippen LogP contribution in [0.4, 0.5) is 0 Å². The zero-order chi connectivity index (χ0) is 11.4. The molecule has 0 amide bonds. The fraction of sp³-hybridized carbons (Fsp3) is 0.0909. The number of aromatic nitrogens is 2. The van der Waals surface area contributed by atoms with Gasteiger partial charge in [-0.1, -0.05) is 29.8 Å². The number of benzene rings is 1. The number of nitrogens with one attached hydrogen (secondary N) is 1. The van der Waals surface area contributed by atoms with Crippen molar-refractivity contribution in [2.24, 2.45) is 0 Å². The summed E-state index contributed by atoms with van der Waals surface area (Å²) in [7, 11) is 0. The van der Waals surface area contributed by atoms with Crippen molar-refractivity contribution in [3.05, 3.63) is 57.6 Å².